The molecule has 0 spiro atoms. The molecule has 0 amide bonds. The van der Waals surface area contributed by atoms with Crippen LogP contribution in [0.3, 0.4) is 0 Å². The van der Waals surface area contributed by atoms with Crippen LogP contribution in [-0.4, -0.2) is 21.5 Å². The van der Waals surface area contributed by atoms with Gasteiger partial charge in [0.25, 0.3) is 0 Å². The van der Waals surface area contributed by atoms with Crippen LogP contribution in [0.1, 0.15) is 24.0 Å². The maximum absolute atomic E-state index is 5.51. The van der Waals surface area contributed by atoms with E-state index in [1.54, 1.807) is 0 Å². The van der Waals surface area contributed by atoms with Gasteiger partial charge in [-0.25, -0.2) is 4.68 Å². The standard InChI is InChI=1S/C14H20N4/c1-11-5-6-13(9-12(11)2)14-10-16-17-18(14)8-4-3-7-15/h5-6,9-10H,3-4,7-8,15H2,1-2H3. The fourth-order valence-corrected chi connectivity index (χ4v) is 1.95. The molecule has 0 bridgehead atoms. The van der Waals surface area contributed by atoms with Crippen molar-refractivity contribution in [1.29, 1.82) is 0 Å². The van der Waals surface area contributed by atoms with E-state index < -0.39 is 0 Å². The molecule has 0 aliphatic rings. The summed E-state index contributed by atoms with van der Waals surface area (Å²) in [6.45, 7) is 5.85. The highest BCUT2D eigenvalue weighted by Gasteiger charge is 2.07. The quantitative estimate of drug-likeness (QED) is 0.821. The Labute approximate surface area is 108 Å². The van der Waals surface area contributed by atoms with Crippen LogP contribution in [-0.2, 0) is 6.54 Å². The molecule has 4 heteroatoms. The monoisotopic (exact) mass is 244 g/mol. The van der Waals surface area contributed by atoms with Gasteiger partial charge in [0.05, 0.1) is 11.9 Å². The molecule has 2 aromatic rings. The van der Waals surface area contributed by atoms with Crippen molar-refractivity contribution in [3.05, 3.63) is 35.5 Å². The van der Waals surface area contributed by atoms with E-state index in [-0.39, 0.29) is 0 Å². The van der Waals surface area contributed by atoms with Gasteiger partial charge < -0.3 is 5.73 Å². The van der Waals surface area contributed by atoms with Crippen molar-refractivity contribution in [1.82, 2.24) is 15.0 Å². The molecule has 0 atom stereocenters. The molecule has 1 heterocycles. The Morgan fingerprint density at radius 3 is 2.72 bits per heavy atom. The Bertz CT molecular complexity index is 516. The van der Waals surface area contributed by atoms with Gasteiger partial charge in [0.15, 0.2) is 0 Å². The molecule has 96 valence electrons. The van der Waals surface area contributed by atoms with E-state index in [1.165, 1.54) is 16.7 Å². The third-order valence-electron chi connectivity index (χ3n) is 3.24. The predicted molar refractivity (Wildman–Crippen MR) is 73.2 cm³/mol. The van der Waals surface area contributed by atoms with Gasteiger partial charge in [-0.15, -0.1) is 5.10 Å². The van der Waals surface area contributed by atoms with E-state index in [0.29, 0.717) is 0 Å². The molecule has 0 fully saturated rings. The molecule has 1 aromatic heterocycles. The molecule has 0 radical (unpaired) electrons. The van der Waals surface area contributed by atoms with Crippen LogP contribution in [0, 0.1) is 13.8 Å². The molecular formula is C14H20N4. The SMILES string of the molecule is Cc1ccc(-c2cnnn2CCCCN)cc1C. The maximum atomic E-state index is 5.51. The van der Waals surface area contributed by atoms with Gasteiger partial charge in [0.2, 0.25) is 0 Å². The first-order chi connectivity index (χ1) is 8.72. The van der Waals surface area contributed by atoms with Gasteiger partial charge in [-0.2, -0.15) is 0 Å². The summed E-state index contributed by atoms with van der Waals surface area (Å²) in [6.07, 6.45) is 3.89. The first kappa shape index (κ1) is 12.8. The number of unbranched alkanes of at least 4 members (excludes halogenated alkanes) is 1. The molecule has 18 heavy (non-hydrogen) atoms. The summed E-state index contributed by atoms with van der Waals surface area (Å²) in [5.74, 6) is 0. The van der Waals surface area contributed by atoms with Crippen LogP contribution in [0.2, 0.25) is 0 Å². The number of rotatable bonds is 5. The summed E-state index contributed by atoms with van der Waals surface area (Å²) < 4.78 is 1.96. The summed E-state index contributed by atoms with van der Waals surface area (Å²) in [5, 5.41) is 8.15. The summed E-state index contributed by atoms with van der Waals surface area (Å²) in [7, 11) is 0. The van der Waals surface area contributed by atoms with E-state index in [9.17, 15) is 0 Å². The predicted octanol–water partition coefficient (Wildman–Crippen LogP) is 2.30. The van der Waals surface area contributed by atoms with Crippen LogP contribution >= 0.6 is 0 Å². The minimum absolute atomic E-state index is 0.730. The molecule has 0 unspecified atom stereocenters. The minimum atomic E-state index is 0.730. The molecule has 0 saturated carbocycles. The van der Waals surface area contributed by atoms with Crippen molar-refractivity contribution in [3.63, 3.8) is 0 Å². The smallest absolute Gasteiger partial charge is 0.0885 e. The number of aromatic nitrogens is 3. The van der Waals surface area contributed by atoms with Gasteiger partial charge in [-0.1, -0.05) is 17.3 Å². The third kappa shape index (κ3) is 2.76. The highest BCUT2D eigenvalue weighted by molar-refractivity contribution is 5.60. The van der Waals surface area contributed by atoms with Crippen molar-refractivity contribution in [2.75, 3.05) is 6.54 Å². The zero-order valence-electron chi connectivity index (χ0n) is 11.1. The fraction of sp³-hybridized carbons (Fsp3) is 0.429. The van der Waals surface area contributed by atoms with E-state index in [2.05, 4.69) is 42.4 Å². The summed E-state index contributed by atoms with van der Waals surface area (Å²) in [5.41, 5.74) is 10.4. The summed E-state index contributed by atoms with van der Waals surface area (Å²) in [4.78, 5) is 0. The topological polar surface area (TPSA) is 56.7 Å². The Morgan fingerprint density at radius 2 is 2.00 bits per heavy atom. The van der Waals surface area contributed by atoms with Gasteiger partial charge in [-0.05, 0) is 50.4 Å². The van der Waals surface area contributed by atoms with Crippen LogP contribution in [0.25, 0.3) is 11.3 Å². The average molecular weight is 244 g/mol. The lowest BCUT2D eigenvalue weighted by Crippen LogP contribution is -2.06. The third-order valence-corrected chi connectivity index (χ3v) is 3.24. The van der Waals surface area contributed by atoms with Crippen LogP contribution in [0.4, 0.5) is 0 Å². The first-order valence-electron chi connectivity index (χ1n) is 6.38. The highest BCUT2D eigenvalue weighted by atomic mass is 15.4. The molecule has 2 rings (SSSR count). The summed E-state index contributed by atoms with van der Waals surface area (Å²) >= 11 is 0. The van der Waals surface area contributed by atoms with Crippen LogP contribution < -0.4 is 5.73 Å². The van der Waals surface area contributed by atoms with Gasteiger partial charge >= 0.3 is 0 Å². The largest absolute Gasteiger partial charge is 0.330 e. The number of hydrogen-bond acceptors (Lipinski definition) is 3. The molecule has 0 aliphatic carbocycles. The molecule has 1 aromatic carbocycles. The number of nitrogens with two attached hydrogens (primary N) is 1. The molecule has 4 nitrogen and oxygen atoms in total. The van der Waals surface area contributed by atoms with Gasteiger partial charge in [0.1, 0.15) is 0 Å². The van der Waals surface area contributed by atoms with Crippen molar-refractivity contribution >= 4 is 0 Å². The van der Waals surface area contributed by atoms with Crippen molar-refractivity contribution in [2.24, 2.45) is 5.73 Å². The molecule has 2 N–H and O–H groups in total. The number of aryl methyl sites for hydroxylation is 3. The second-order valence-electron chi connectivity index (χ2n) is 4.64. The fourth-order valence-electron chi connectivity index (χ4n) is 1.95. The molecule has 0 saturated heterocycles. The maximum Gasteiger partial charge on any atom is 0.0885 e. The Morgan fingerprint density at radius 1 is 1.17 bits per heavy atom. The second-order valence-corrected chi connectivity index (χ2v) is 4.64. The molecular weight excluding hydrogens is 224 g/mol. The second kappa shape index (κ2) is 5.78. The van der Waals surface area contributed by atoms with E-state index >= 15 is 0 Å². The van der Waals surface area contributed by atoms with Gasteiger partial charge in [0, 0.05) is 12.1 Å². The zero-order chi connectivity index (χ0) is 13.0. The van der Waals surface area contributed by atoms with Crippen molar-refractivity contribution < 1.29 is 0 Å². The lowest BCUT2D eigenvalue weighted by Gasteiger charge is -2.08. The summed E-state index contributed by atoms with van der Waals surface area (Å²) in [6, 6.07) is 6.45. The highest BCUT2D eigenvalue weighted by Crippen LogP contribution is 2.21. The Kier molecular flexibility index (Phi) is 4.10. The van der Waals surface area contributed by atoms with E-state index in [0.717, 1.165) is 31.6 Å². The molecule has 0 aliphatic heterocycles. The van der Waals surface area contributed by atoms with Gasteiger partial charge in [-0.3, -0.25) is 0 Å². The number of hydrogen-bond donors (Lipinski definition) is 1. The van der Waals surface area contributed by atoms with Crippen LogP contribution in [0.15, 0.2) is 24.4 Å². The van der Waals surface area contributed by atoms with Crippen molar-refractivity contribution in [2.45, 2.75) is 33.2 Å². The Hall–Kier alpha value is -1.68. The number of nitrogens with zero attached hydrogens (tertiary/aromatic N) is 3. The number of benzene rings is 1. The normalized spacial score (nSPS) is 10.8. The van der Waals surface area contributed by atoms with Crippen LogP contribution in [0.5, 0.6) is 0 Å². The average Bonchev–Trinajstić information content (AvgIpc) is 2.81. The minimum Gasteiger partial charge on any atom is -0.330 e. The lowest BCUT2D eigenvalue weighted by molar-refractivity contribution is 0.549. The first-order valence-corrected chi connectivity index (χ1v) is 6.38. The Balaban J connectivity index is 2.22. The lowest BCUT2D eigenvalue weighted by atomic mass is 10.0. The van der Waals surface area contributed by atoms with E-state index in [1.807, 2.05) is 10.9 Å². The zero-order valence-corrected chi connectivity index (χ0v) is 11.1. The van der Waals surface area contributed by atoms with E-state index in [4.69, 9.17) is 5.73 Å². The van der Waals surface area contributed by atoms with Crippen molar-refractivity contribution in [3.8, 4) is 11.3 Å².